The molecule has 3 rings (SSSR count). The number of aromatic nitrogens is 1. The van der Waals surface area contributed by atoms with Crippen LogP contribution >= 0.6 is 11.8 Å². The Bertz CT molecular complexity index is 1260. The lowest BCUT2D eigenvalue weighted by atomic mass is 9.93. The van der Waals surface area contributed by atoms with Gasteiger partial charge >= 0.3 is 11.9 Å². The highest BCUT2D eigenvalue weighted by Crippen LogP contribution is 2.29. The lowest BCUT2D eigenvalue weighted by Crippen LogP contribution is -2.42. The van der Waals surface area contributed by atoms with E-state index in [1.807, 2.05) is 73.9 Å². The molecule has 1 aromatic heterocycles. The Hall–Kier alpha value is -3.91. The SMILES string of the molecule is CSCC[C@H](NC(=O)c1ccc(C=Cc2cccnc2)cc1-c1ccccc1C)C(=O)OCOC(C)=O. The molecule has 8 heteroatoms. The molecule has 1 N–H and O–H groups in total. The molecule has 0 unspecified atom stereocenters. The Morgan fingerprint density at radius 2 is 1.78 bits per heavy atom. The van der Waals surface area contributed by atoms with Crippen LogP contribution in [-0.2, 0) is 19.1 Å². The first-order valence-corrected chi connectivity index (χ1v) is 13.2. The number of carbonyl (C=O) groups excluding carboxylic acids is 3. The Morgan fingerprint density at radius 1 is 1.00 bits per heavy atom. The van der Waals surface area contributed by atoms with Gasteiger partial charge in [-0.2, -0.15) is 11.8 Å². The zero-order chi connectivity index (χ0) is 26.6. The van der Waals surface area contributed by atoms with E-state index in [2.05, 4.69) is 10.3 Å². The minimum absolute atomic E-state index is 0.372. The van der Waals surface area contributed by atoms with Gasteiger partial charge in [-0.1, -0.05) is 48.6 Å². The summed E-state index contributed by atoms with van der Waals surface area (Å²) in [5.74, 6) is -0.970. The number of thioether (sulfide) groups is 1. The number of carbonyl (C=O) groups is 3. The normalized spacial score (nSPS) is 11.6. The van der Waals surface area contributed by atoms with Gasteiger partial charge in [-0.15, -0.1) is 0 Å². The first kappa shape index (κ1) is 27.7. The Morgan fingerprint density at radius 3 is 2.49 bits per heavy atom. The van der Waals surface area contributed by atoms with Crippen LogP contribution in [0.5, 0.6) is 0 Å². The number of amides is 1. The third-order valence-corrected chi connectivity index (χ3v) is 6.18. The van der Waals surface area contributed by atoms with E-state index in [1.165, 1.54) is 6.92 Å². The summed E-state index contributed by atoms with van der Waals surface area (Å²) in [6.45, 7) is 2.72. The Labute approximate surface area is 221 Å². The van der Waals surface area contributed by atoms with Crippen molar-refractivity contribution < 1.29 is 23.9 Å². The van der Waals surface area contributed by atoms with E-state index in [0.717, 1.165) is 27.8 Å². The fourth-order valence-electron chi connectivity index (χ4n) is 3.62. The van der Waals surface area contributed by atoms with E-state index in [4.69, 9.17) is 9.47 Å². The molecule has 7 nitrogen and oxygen atoms in total. The molecule has 0 aliphatic carbocycles. The van der Waals surface area contributed by atoms with Crippen LogP contribution in [0.1, 0.15) is 40.4 Å². The molecule has 0 saturated heterocycles. The van der Waals surface area contributed by atoms with Crippen LogP contribution in [-0.4, -0.2) is 47.7 Å². The summed E-state index contributed by atoms with van der Waals surface area (Å²) in [7, 11) is 0. The molecule has 192 valence electrons. The lowest BCUT2D eigenvalue weighted by Gasteiger charge is -2.19. The van der Waals surface area contributed by atoms with Gasteiger partial charge in [0.25, 0.3) is 5.91 Å². The molecule has 1 heterocycles. The topological polar surface area (TPSA) is 94.6 Å². The zero-order valence-electron chi connectivity index (χ0n) is 21.1. The molecule has 0 aliphatic rings. The molecule has 0 aliphatic heterocycles. The number of nitrogens with one attached hydrogen (secondary N) is 1. The van der Waals surface area contributed by atoms with Gasteiger partial charge in [0.05, 0.1) is 0 Å². The van der Waals surface area contributed by atoms with Crippen LogP contribution < -0.4 is 5.32 Å². The summed E-state index contributed by atoms with van der Waals surface area (Å²) >= 11 is 1.55. The van der Waals surface area contributed by atoms with Crippen LogP contribution in [0, 0.1) is 6.92 Å². The number of esters is 2. The Balaban J connectivity index is 1.90. The molecule has 0 fully saturated rings. The summed E-state index contributed by atoms with van der Waals surface area (Å²) in [6, 6.07) is 16.4. The van der Waals surface area contributed by atoms with Crippen molar-refractivity contribution in [3.8, 4) is 11.1 Å². The number of rotatable bonds is 11. The first-order chi connectivity index (χ1) is 17.9. The van der Waals surface area contributed by atoms with E-state index in [0.29, 0.717) is 17.7 Å². The van der Waals surface area contributed by atoms with Crippen molar-refractivity contribution in [2.24, 2.45) is 0 Å². The molecule has 1 atom stereocenters. The molecule has 37 heavy (non-hydrogen) atoms. The van der Waals surface area contributed by atoms with Crippen LogP contribution in [0.3, 0.4) is 0 Å². The van der Waals surface area contributed by atoms with Crippen LogP contribution in [0.2, 0.25) is 0 Å². The van der Waals surface area contributed by atoms with Crippen molar-refractivity contribution in [3.63, 3.8) is 0 Å². The highest BCUT2D eigenvalue weighted by atomic mass is 32.2. The van der Waals surface area contributed by atoms with E-state index in [1.54, 1.807) is 30.2 Å². The molecule has 0 saturated carbocycles. The number of aryl methyl sites for hydroxylation is 1. The summed E-state index contributed by atoms with van der Waals surface area (Å²) in [5.41, 5.74) is 5.01. The Kier molecular flexibility index (Phi) is 10.5. The van der Waals surface area contributed by atoms with Crippen molar-refractivity contribution in [2.45, 2.75) is 26.3 Å². The smallest absolute Gasteiger partial charge is 0.331 e. The maximum Gasteiger partial charge on any atom is 0.331 e. The number of hydrogen-bond donors (Lipinski definition) is 1. The van der Waals surface area contributed by atoms with Crippen molar-refractivity contribution in [3.05, 3.63) is 89.2 Å². The second-order valence-electron chi connectivity index (χ2n) is 8.26. The second-order valence-corrected chi connectivity index (χ2v) is 9.25. The number of hydrogen-bond acceptors (Lipinski definition) is 7. The van der Waals surface area contributed by atoms with Crippen LogP contribution in [0.15, 0.2) is 67.0 Å². The van der Waals surface area contributed by atoms with Gasteiger partial charge in [0.1, 0.15) is 6.04 Å². The summed E-state index contributed by atoms with van der Waals surface area (Å²) in [6.07, 6.45) is 9.71. The predicted octanol–water partition coefficient (Wildman–Crippen LogP) is 5.14. The maximum atomic E-state index is 13.5. The number of benzene rings is 2. The molecule has 2 aromatic carbocycles. The summed E-state index contributed by atoms with van der Waals surface area (Å²) in [5, 5.41) is 2.82. The van der Waals surface area contributed by atoms with Gasteiger partial charge in [-0.3, -0.25) is 14.6 Å². The van der Waals surface area contributed by atoms with Crippen molar-refractivity contribution in [2.75, 3.05) is 18.8 Å². The fraction of sp³-hybridized carbons (Fsp3) is 0.241. The quantitative estimate of drug-likeness (QED) is 0.277. The van der Waals surface area contributed by atoms with Gasteiger partial charge in [0, 0.05) is 24.9 Å². The van der Waals surface area contributed by atoms with E-state index >= 15 is 0 Å². The first-order valence-electron chi connectivity index (χ1n) is 11.8. The molecule has 0 bridgehead atoms. The predicted molar refractivity (Wildman–Crippen MR) is 147 cm³/mol. The number of pyridine rings is 1. The van der Waals surface area contributed by atoms with Gasteiger partial charge in [0.2, 0.25) is 6.79 Å². The summed E-state index contributed by atoms with van der Waals surface area (Å²) in [4.78, 5) is 41.2. The van der Waals surface area contributed by atoms with Crippen molar-refractivity contribution in [1.82, 2.24) is 10.3 Å². The third-order valence-electron chi connectivity index (χ3n) is 5.54. The third kappa shape index (κ3) is 8.32. The molecule has 1 amide bonds. The van der Waals surface area contributed by atoms with Gasteiger partial charge in [-0.05, 0) is 71.4 Å². The minimum Gasteiger partial charge on any atom is -0.428 e. The van der Waals surface area contributed by atoms with Gasteiger partial charge in [-0.25, -0.2) is 4.79 Å². The molecule has 0 spiro atoms. The fourth-order valence-corrected chi connectivity index (χ4v) is 4.09. The minimum atomic E-state index is -0.884. The van der Waals surface area contributed by atoms with Crippen molar-refractivity contribution in [1.29, 1.82) is 0 Å². The number of nitrogens with zero attached hydrogens (tertiary/aromatic N) is 1. The molecular formula is C29H30N2O5S. The number of ether oxygens (including phenoxy) is 2. The monoisotopic (exact) mass is 518 g/mol. The molecule has 0 radical (unpaired) electrons. The zero-order valence-corrected chi connectivity index (χ0v) is 21.9. The van der Waals surface area contributed by atoms with Gasteiger partial charge < -0.3 is 14.8 Å². The summed E-state index contributed by atoms with van der Waals surface area (Å²) < 4.78 is 9.76. The van der Waals surface area contributed by atoms with Crippen LogP contribution in [0.4, 0.5) is 0 Å². The average Bonchev–Trinajstić information content (AvgIpc) is 2.90. The van der Waals surface area contributed by atoms with Gasteiger partial charge in [0.15, 0.2) is 0 Å². The van der Waals surface area contributed by atoms with E-state index < -0.39 is 30.7 Å². The molecular weight excluding hydrogens is 488 g/mol. The van der Waals surface area contributed by atoms with E-state index in [9.17, 15) is 14.4 Å². The molecule has 3 aromatic rings. The largest absolute Gasteiger partial charge is 0.428 e. The van der Waals surface area contributed by atoms with Crippen LogP contribution in [0.25, 0.3) is 23.3 Å². The van der Waals surface area contributed by atoms with Crippen molar-refractivity contribution >= 4 is 41.8 Å². The lowest BCUT2D eigenvalue weighted by molar-refractivity contribution is -0.167. The van der Waals surface area contributed by atoms with E-state index in [-0.39, 0.29) is 0 Å². The maximum absolute atomic E-state index is 13.5. The average molecular weight is 519 g/mol. The highest BCUT2D eigenvalue weighted by Gasteiger charge is 2.24. The second kappa shape index (κ2) is 14.0. The standard InChI is InChI=1S/C29H30N2O5S/c1-20-7-4-5-9-24(20)26-17-22(10-11-23-8-6-15-30-18-23)12-13-25(26)28(33)31-27(14-16-37-3)29(34)36-19-35-21(2)32/h4-13,15,17-18,27H,14,16,19H2,1-3H3,(H,31,33)/t27-/m0/s1. The highest BCUT2D eigenvalue weighted by molar-refractivity contribution is 7.98.